The van der Waals surface area contributed by atoms with Crippen LogP contribution in [0, 0.1) is 6.92 Å². The van der Waals surface area contributed by atoms with E-state index in [-0.39, 0.29) is 29.7 Å². The van der Waals surface area contributed by atoms with Crippen molar-refractivity contribution in [2.75, 3.05) is 18.0 Å². The molecule has 45 heavy (non-hydrogen) atoms. The number of nitrogens with zero attached hydrogens (tertiary/aromatic N) is 6. The summed E-state index contributed by atoms with van der Waals surface area (Å²) in [7, 11) is 0. The van der Waals surface area contributed by atoms with Gasteiger partial charge in [0.25, 0.3) is 0 Å². The van der Waals surface area contributed by atoms with Crippen molar-refractivity contribution in [3.8, 4) is 22.7 Å². The van der Waals surface area contributed by atoms with E-state index in [9.17, 15) is 14.7 Å². The molecule has 1 amide bonds. The molecule has 2 atom stereocenters. The van der Waals surface area contributed by atoms with Crippen LogP contribution in [0.3, 0.4) is 0 Å². The van der Waals surface area contributed by atoms with Crippen LogP contribution in [0.5, 0.6) is 5.75 Å². The standard InChI is InChI=1S/C35H35ClN6O3/c1-7-29(44)40-17-22(6)41(18-21(40)5)33-27-16-28(36)31(26-15-24(43)14-23-10-8-9-11-25(23)26)38-34(27)42(35(45)39-33)32-20(4)12-13-37-30(32)19(2)3/h7-16,19,21-22,43H,1,17-18H2,2-6H3/t21-,22+/m1/s1. The van der Waals surface area contributed by atoms with Crippen LogP contribution in [0.15, 0.2) is 72.2 Å². The van der Waals surface area contributed by atoms with Crippen molar-refractivity contribution >= 4 is 45.1 Å². The van der Waals surface area contributed by atoms with Gasteiger partial charge in [-0.2, -0.15) is 4.98 Å². The Bertz CT molecular complexity index is 2060. The fraction of sp³-hybridized carbons (Fsp3) is 0.286. The van der Waals surface area contributed by atoms with E-state index in [4.69, 9.17) is 16.6 Å². The summed E-state index contributed by atoms with van der Waals surface area (Å²) in [5, 5.41) is 13.3. The van der Waals surface area contributed by atoms with Gasteiger partial charge in [0, 0.05) is 36.9 Å². The van der Waals surface area contributed by atoms with Crippen LogP contribution in [-0.2, 0) is 4.79 Å². The van der Waals surface area contributed by atoms with Gasteiger partial charge in [-0.3, -0.25) is 9.78 Å². The molecule has 230 valence electrons. The predicted molar refractivity (Wildman–Crippen MR) is 180 cm³/mol. The summed E-state index contributed by atoms with van der Waals surface area (Å²) in [5.74, 6) is 0.405. The Morgan fingerprint density at radius 1 is 1.07 bits per heavy atom. The van der Waals surface area contributed by atoms with E-state index in [1.807, 2.05) is 69.9 Å². The number of hydrogen-bond donors (Lipinski definition) is 1. The maximum absolute atomic E-state index is 14.2. The topological polar surface area (TPSA) is 104 Å². The molecule has 5 aromatic rings. The van der Waals surface area contributed by atoms with Crippen molar-refractivity contribution in [1.29, 1.82) is 0 Å². The number of halogens is 1. The zero-order valence-electron chi connectivity index (χ0n) is 26.0. The van der Waals surface area contributed by atoms with E-state index >= 15 is 0 Å². The number of piperazine rings is 1. The summed E-state index contributed by atoms with van der Waals surface area (Å²) in [5.41, 5.74) is 3.17. The monoisotopic (exact) mass is 622 g/mol. The lowest BCUT2D eigenvalue weighted by Gasteiger charge is -2.44. The van der Waals surface area contributed by atoms with Gasteiger partial charge in [0.2, 0.25) is 5.91 Å². The number of aryl methyl sites for hydroxylation is 1. The van der Waals surface area contributed by atoms with E-state index in [1.165, 1.54) is 10.6 Å². The molecule has 0 aliphatic carbocycles. The summed E-state index contributed by atoms with van der Waals surface area (Å²) in [6, 6.07) is 14.4. The Morgan fingerprint density at radius 2 is 1.82 bits per heavy atom. The normalized spacial score (nSPS) is 17.0. The zero-order chi connectivity index (χ0) is 32.2. The van der Waals surface area contributed by atoms with Gasteiger partial charge >= 0.3 is 5.69 Å². The Labute approximate surface area is 266 Å². The molecule has 1 saturated heterocycles. The van der Waals surface area contributed by atoms with Gasteiger partial charge in [-0.25, -0.2) is 14.3 Å². The van der Waals surface area contributed by atoms with E-state index in [0.29, 0.717) is 51.9 Å². The molecule has 3 aromatic heterocycles. The van der Waals surface area contributed by atoms with Gasteiger partial charge in [0.1, 0.15) is 11.6 Å². The molecule has 0 saturated carbocycles. The molecule has 0 spiro atoms. The highest BCUT2D eigenvalue weighted by atomic mass is 35.5. The van der Waals surface area contributed by atoms with E-state index in [1.54, 1.807) is 29.3 Å². The molecule has 6 rings (SSSR count). The highest BCUT2D eigenvalue weighted by Gasteiger charge is 2.34. The second-order valence-electron chi connectivity index (χ2n) is 12.0. The first kappa shape index (κ1) is 30.3. The van der Waals surface area contributed by atoms with Gasteiger partial charge in [-0.15, -0.1) is 0 Å². The minimum absolute atomic E-state index is 0.0136. The third-order valence-electron chi connectivity index (χ3n) is 8.54. The molecule has 1 N–H and O–H groups in total. The van der Waals surface area contributed by atoms with Crippen LogP contribution >= 0.6 is 11.6 Å². The lowest BCUT2D eigenvalue weighted by molar-refractivity contribution is -0.128. The lowest BCUT2D eigenvalue weighted by atomic mass is 10.0. The predicted octanol–water partition coefficient (Wildman–Crippen LogP) is 6.40. The van der Waals surface area contributed by atoms with Gasteiger partial charge in [0.15, 0.2) is 5.65 Å². The summed E-state index contributed by atoms with van der Waals surface area (Å²) >= 11 is 7.05. The smallest absolute Gasteiger partial charge is 0.355 e. The average Bonchev–Trinajstić information content (AvgIpc) is 3.01. The molecule has 2 aromatic carbocycles. The largest absolute Gasteiger partial charge is 0.508 e. The first-order valence-electron chi connectivity index (χ1n) is 15.0. The molecular formula is C35H35ClN6O3. The Kier molecular flexibility index (Phi) is 7.82. The number of rotatable bonds is 5. The van der Waals surface area contributed by atoms with Crippen molar-refractivity contribution in [2.24, 2.45) is 0 Å². The number of benzene rings is 2. The first-order chi connectivity index (χ1) is 21.5. The van der Waals surface area contributed by atoms with Crippen molar-refractivity contribution in [3.05, 3.63) is 94.1 Å². The van der Waals surface area contributed by atoms with Crippen molar-refractivity contribution < 1.29 is 9.90 Å². The molecule has 0 radical (unpaired) electrons. The second-order valence-corrected chi connectivity index (χ2v) is 12.4. The summed E-state index contributed by atoms with van der Waals surface area (Å²) < 4.78 is 1.53. The van der Waals surface area contributed by atoms with Crippen molar-refractivity contribution in [2.45, 2.75) is 52.6 Å². The Morgan fingerprint density at radius 3 is 2.56 bits per heavy atom. The minimum atomic E-state index is -0.499. The maximum atomic E-state index is 14.2. The molecule has 10 heteroatoms. The summed E-state index contributed by atoms with van der Waals surface area (Å²) in [6.45, 7) is 14.5. The number of phenols is 1. The van der Waals surface area contributed by atoms with Gasteiger partial charge in [0.05, 0.1) is 27.5 Å². The van der Waals surface area contributed by atoms with Gasteiger partial charge in [-0.1, -0.05) is 56.3 Å². The molecule has 1 aliphatic rings. The zero-order valence-corrected chi connectivity index (χ0v) is 26.7. The molecule has 4 heterocycles. The molecule has 9 nitrogen and oxygen atoms in total. The van der Waals surface area contributed by atoms with Crippen LogP contribution < -0.4 is 10.6 Å². The summed E-state index contributed by atoms with van der Waals surface area (Å²) in [6.07, 6.45) is 3.07. The highest BCUT2D eigenvalue weighted by molar-refractivity contribution is 6.34. The number of anilines is 1. The van der Waals surface area contributed by atoms with E-state index in [0.717, 1.165) is 22.0 Å². The lowest BCUT2D eigenvalue weighted by Crippen LogP contribution is -2.58. The molecular weight excluding hydrogens is 588 g/mol. The first-order valence-corrected chi connectivity index (χ1v) is 15.4. The van der Waals surface area contributed by atoms with Crippen LogP contribution in [-0.4, -0.2) is 60.6 Å². The molecule has 1 fully saturated rings. The van der Waals surface area contributed by atoms with Gasteiger partial charge < -0.3 is 14.9 Å². The fourth-order valence-corrected chi connectivity index (χ4v) is 6.59. The number of pyridine rings is 2. The highest BCUT2D eigenvalue weighted by Crippen LogP contribution is 2.39. The number of carbonyl (C=O) groups excluding carboxylic acids is 1. The number of phenolic OH excluding ortho intramolecular Hbond substituents is 1. The van der Waals surface area contributed by atoms with E-state index < -0.39 is 5.69 Å². The quantitative estimate of drug-likeness (QED) is 0.226. The number of fused-ring (bicyclic) bond motifs is 2. The van der Waals surface area contributed by atoms with E-state index in [2.05, 4.69) is 16.5 Å². The SMILES string of the molecule is C=CC(=O)N1C[C@H](C)N(c2nc(=O)n(-c3c(C)ccnc3C(C)C)c3nc(-c4cc(O)cc5ccccc45)c(Cl)cc23)C[C@H]1C. The van der Waals surface area contributed by atoms with Crippen molar-refractivity contribution in [3.63, 3.8) is 0 Å². The number of carbonyl (C=O) groups is 1. The van der Waals surface area contributed by atoms with Crippen LogP contribution in [0.1, 0.15) is 44.9 Å². The number of amides is 1. The third-order valence-corrected chi connectivity index (χ3v) is 8.83. The summed E-state index contributed by atoms with van der Waals surface area (Å²) in [4.78, 5) is 45.1. The number of aromatic hydroxyl groups is 1. The molecule has 0 bridgehead atoms. The third kappa shape index (κ3) is 5.21. The second kappa shape index (κ2) is 11.6. The number of hydrogen-bond acceptors (Lipinski definition) is 7. The molecule has 0 unspecified atom stereocenters. The van der Waals surface area contributed by atoms with Crippen molar-refractivity contribution in [1.82, 2.24) is 24.4 Å². The Hall–Kier alpha value is -4.76. The van der Waals surface area contributed by atoms with Crippen LogP contribution in [0.2, 0.25) is 5.02 Å². The minimum Gasteiger partial charge on any atom is -0.508 e. The molecule has 1 aliphatic heterocycles. The average molecular weight is 623 g/mol. The Balaban J connectivity index is 1.68. The fourth-order valence-electron chi connectivity index (χ4n) is 6.34. The van der Waals surface area contributed by atoms with Crippen LogP contribution in [0.25, 0.3) is 38.8 Å². The van der Waals surface area contributed by atoms with Gasteiger partial charge in [-0.05, 0) is 73.4 Å². The maximum Gasteiger partial charge on any atom is 0.355 e. The van der Waals surface area contributed by atoms with Crippen LogP contribution in [0.4, 0.5) is 5.82 Å². The number of aromatic nitrogens is 4.